The molecule has 0 unspecified atom stereocenters. The average molecular weight is 391 g/mol. The van der Waals surface area contributed by atoms with Crippen LogP contribution < -0.4 is 4.74 Å². The van der Waals surface area contributed by atoms with Crippen LogP contribution in [0.4, 0.5) is 9.18 Å². The highest BCUT2D eigenvalue weighted by Gasteiger charge is 2.24. The van der Waals surface area contributed by atoms with E-state index in [-0.39, 0.29) is 11.7 Å². The van der Waals surface area contributed by atoms with Crippen LogP contribution in [-0.2, 0) is 0 Å². The molecule has 6 nitrogen and oxygen atoms in total. The van der Waals surface area contributed by atoms with E-state index < -0.39 is 11.9 Å². The van der Waals surface area contributed by atoms with E-state index in [1.807, 2.05) is 18.2 Å². The van der Waals surface area contributed by atoms with Gasteiger partial charge in [0, 0.05) is 48.6 Å². The summed E-state index contributed by atoms with van der Waals surface area (Å²) in [6, 6.07) is 13.5. The summed E-state index contributed by atoms with van der Waals surface area (Å²) in [4.78, 5) is 16.9. The molecule has 2 heterocycles. The lowest BCUT2D eigenvalue weighted by molar-refractivity contribution is 0.0902. The van der Waals surface area contributed by atoms with Crippen molar-refractivity contribution in [2.75, 3.05) is 13.1 Å². The molecule has 0 spiro atoms. The van der Waals surface area contributed by atoms with Gasteiger partial charge < -0.3 is 14.7 Å². The Kier molecular flexibility index (Phi) is 5.00. The van der Waals surface area contributed by atoms with Crippen LogP contribution >= 0.6 is 0 Å². The third-order valence-corrected chi connectivity index (χ3v) is 5.13. The van der Waals surface area contributed by atoms with Crippen molar-refractivity contribution in [2.24, 2.45) is 0 Å². The van der Waals surface area contributed by atoms with Crippen LogP contribution in [0.3, 0.4) is 0 Å². The molecular formula is C22H18FN3O3. The van der Waals surface area contributed by atoms with Crippen molar-refractivity contribution in [3.63, 3.8) is 0 Å². The van der Waals surface area contributed by atoms with Crippen molar-refractivity contribution >= 4 is 17.0 Å². The standard InChI is InChI=1S/C22H18FN3O3/c23-19-12-14(13-24)4-5-16(19)17-2-1-3-18-20(6-9-25-21(17)18)29-15-7-10-26(11-8-15)22(27)28/h1-6,9,12,15H,7-8,10-11H2,(H,27,28). The molecular weight excluding hydrogens is 373 g/mol. The minimum atomic E-state index is -0.910. The number of likely N-dealkylation sites (tertiary alicyclic amines) is 1. The number of aromatic nitrogens is 1. The fourth-order valence-electron chi connectivity index (χ4n) is 3.62. The van der Waals surface area contributed by atoms with Gasteiger partial charge in [-0.3, -0.25) is 4.98 Å². The molecule has 0 radical (unpaired) electrons. The number of carbonyl (C=O) groups is 1. The van der Waals surface area contributed by atoms with E-state index in [2.05, 4.69) is 4.98 Å². The Bertz CT molecular complexity index is 1120. The van der Waals surface area contributed by atoms with E-state index in [0.29, 0.717) is 48.3 Å². The highest BCUT2D eigenvalue weighted by Crippen LogP contribution is 2.34. The van der Waals surface area contributed by atoms with Crippen molar-refractivity contribution < 1.29 is 19.0 Å². The summed E-state index contributed by atoms with van der Waals surface area (Å²) in [5.41, 5.74) is 1.86. The molecule has 7 heteroatoms. The number of carboxylic acid groups (broad SMARTS) is 1. The third kappa shape index (κ3) is 3.69. The summed E-state index contributed by atoms with van der Waals surface area (Å²) >= 11 is 0. The molecule has 29 heavy (non-hydrogen) atoms. The number of halogens is 1. The fourth-order valence-corrected chi connectivity index (χ4v) is 3.62. The molecule has 0 bridgehead atoms. The number of hydrogen-bond acceptors (Lipinski definition) is 4. The molecule has 0 saturated carbocycles. The Morgan fingerprint density at radius 2 is 2.00 bits per heavy atom. The zero-order valence-corrected chi connectivity index (χ0v) is 15.5. The van der Waals surface area contributed by atoms with Gasteiger partial charge in [-0.05, 0) is 24.3 Å². The quantitative estimate of drug-likeness (QED) is 0.714. The van der Waals surface area contributed by atoms with E-state index in [0.717, 1.165) is 5.39 Å². The van der Waals surface area contributed by atoms with E-state index >= 15 is 0 Å². The zero-order valence-electron chi connectivity index (χ0n) is 15.5. The largest absolute Gasteiger partial charge is 0.490 e. The smallest absolute Gasteiger partial charge is 0.407 e. The number of nitrogens with zero attached hydrogens (tertiary/aromatic N) is 3. The molecule has 1 N–H and O–H groups in total. The number of nitriles is 1. The van der Waals surface area contributed by atoms with E-state index in [1.165, 1.54) is 11.0 Å². The van der Waals surface area contributed by atoms with Gasteiger partial charge in [-0.15, -0.1) is 0 Å². The van der Waals surface area contributed by atoms with E-state index in [4.69, 9.17) is 15.1 Å². The highest BCUT2D eigenvalue weighted by molar-refractivity contribution is 5.97. The Hall–Kier alpha value is -3.66. The van der Waals surface area contributed by atoms with E-state index in [1.54, 1.807) is 30.5 Å². The minimum Gasteiger partial charge on any atom is -0.490 e. The molecule has 146 valence electrons. The lowest BCUT2D eigenvalue weighted by Gasteiger charge is -2.30. The first-order chi connectivity index (χ1) is 14.1. The first-order valence-electron chi connectivity index (χ1n) is 9.29. The van der Waals surface area contributed by atoms with Gasteiger partial charge in [-0.2, -0.15) is 5.26 Å². The maximum Gasteiger partial charge on any atom is 0.407 e. The van der Waals surface area contributed by atoms with Gasteiger partial charge in [0.1, 0.15) is 17.7 Å². The van der Waals surface area contributed by atoms with Gasteiger partial charge in [-0.1, -0.05) is 18.2 Å². The van der Waals surface area contributed by atoms with Gasteiger partial charge in [0.2, 0.25) is 0 Å². The van der Waals surface area contributed by atoms with Gasteiger partial charge in [0.25, 0.3) is 0 Å². The van der Waals surface area contributed by atoms with E-state index in [9.17, 15) is 9.18 Å². The van der Waals surface area contributed by atoms with Crippen molar-refractivity contribution in [1.82, 2.24) is 9.88 Å². The van der Waals surface area contributed by atoms with Crippen LogP contribution in [0.15, 0.2) is 48.7 Å². The van der Waals surface area contributed by atoms with Crippen LogP contribution in [0.25, 0.3) is 22.0 Å². The number of ether oxygens (including phenoxy) is 1. The molecule has 1 aliphatic rings. The topological polar surface area (TPSA) is 86.5 Å². The summed E-state index contributed by atoms with van der Waals surface area (Å²) in [6.07, 6.45) is 1.84. The molecule has 0 aliphatic carbocycles. The Balaban J connectivity index is 1.66. The van der Waals surface area contributed by atoms with Gasteiger partial charge >= 0.3 is 6.09 Å². The second-order valence-corrected chi connectivity index (χ2v) is 6.90. The SMILES string of the molecule is N#Cc1ccc(-c2cccc3c(OC4CCN(C(=O)O)CC4)ccnc23)c(F)c1. The zero-order chi connectivity index (χ0) is 20.4. The number of para-hydroxylation sites is 1. The van der Waals surface area contributed by atoms with Gasteiger partial charge in [0.05, 0.1) is 17.1 Å². The molecule has 3 aromatic rings. The second-order valence-electron chi connectivity index (χ2n) is 6.90. The molecule has 1 aliphatic heterocycles. The number of fused-ring (bicyclic) bond motifs is 1. The maximum absolute atomic E-state index is 14.6. The molecule has 1 saturated heterocycles. The maximum atomic E-state index is 14.6. The fraction of sp³-hybridized carbons (Fsp3) is 0.227. The Morgan fingerprint density at radius 1 is 1.21 bits per heavy atom. The van der Waals surface area contributed by atoms with Crippen molar-refractivity contribution in [2.45, 2.75) is 18.9 Å². The third-order valence-electron chi connectivity index (χ3n) is 5.13. The van der Waals surface area contributed by atoms with Crippen LogP contribution in [0.1, 0.15) is 18.4 Å². The van der Waals surface area contributed by atoms with Gasteiger partial charge in [0.15, 0.2) is 0 Å². The Labute approximate surface area is 166 Å². The van der Waals surface area contributed by atoms with Crippen LogP contribution in [0, 0.1) is 17.1 Å². The minimum absolute atomic E-state index is 0.0912. The van der Waals surface area contributed by atoms with Crippen molar-refractivity contribution in [1.29, 1.82) is 5.26 Å². The number of rotatable bonds is 3. The summed E-state index contributed by atoms with van der Waals surface area (Å²) in [6.45, 7) is 0.870. The normalized spacial score (nSPS) is 14.6. The van der Waals surface area contributed by atoms with Gasteiger partial charge in [-0.25, -0.2) is 9.18 Å². The molecule has 1 aromatic heterocycles. The summed E-state index contributed by atoms with van der Waals surface area (Å²) in [5, 5.41) is 18.8. The van der Waals surface area contributed by atoms with Crippen LogP contribution in [0.2, 0.25) is 0 Å². The number of hydrogen-bond donors (Lipinski definition) is 1. The van der Waals surface area contributed by atoms with Crippen molar-refractivity contribution in [3.8, 4) is 22.9 Å². The average Bonchev–Trinajstić information content (AvgIpc) is 2.74. The molecule has 4 rings (SSSR count). The number of benzene rings is 2. The lowest BCUT2D eigenvalue weighted by atomic mass is 10.00. The molecule has 0 atom stereocenters. The first kappa shape index (κ1) is 18.7. The summed E-state index contributed by atoms with van der Waals surface area (Å²) in [7, 11) is 0. The number of pyridine rings is 1. The van der Waals surface area contributed by atoms with Crippen LogP contribution in [-0.4, -0.2) is 40.3 Å². The summed E-state index contributed by atoms with van der Waals surface area (Å²) in [5.74, 6) is 0.158. The Morgan fingerprint density at radius 3 is 2.69 bits per heavy atom. The molecule has 1 amide bonds. The predicted octanol–water partition coefficient (Wildman–Crippen LogP) is 4.43. The first-order valence-corrected chi connectivity index (χ1v) is 9.29. The molecule has 2 aromatic carbocycles. The monoisotopic (exact) mass is 391 g/mol. The molecule has 1 fully saturated rings. The predicted molar refractivity (Wildman–Crippen MR) is 105 cm³/mol. The highest BCUT2D eigenvalue weighted by atomic mass is 19.1. The van der Waals surface area contributed by atoms with Crippen LogP contribution in [0.5, 0.6) is 5.75 Å². The lowest BCUT2D eigenvalue weighted by Crippen LogP contribution is -2.41. The number of piperidine rings is 1. The number of amides is 1. The van der Waals surface area contributed by atoms with Crippen molar-refractivity contribution in [3.05, 3.63) is 60.0 Å². The second kappa shape index (κ2) is 7.76. The summed E-state index contributed by atoms with van der Waals surface area (Å²) < 4.78 is 20.7.